The third-order valence-corrected chi connectivity index (χ3v) is 2.86. The topological polar surface area (TPSA) is 52.4 Å². The van der Waals surface area contributed by atoms with Crippen LogP contribution >= 0.6 is 0 Å². The van der Waals surface area contributed by atoms with E-state index in [1.165, 1.54) is 0 Å². The van der Waals surface area contributed by atoms with Crippen molar-refractivity contribution in [2.75, 3.05) is 13.2 Å². The van der Waals surface area contributed by atoms with Gasteiger partial charge in [-0.15, -0.1) is 0 Å². The Hall–Kier alpha value is -1.68. The lowest BCUT2D eigenvalue weighted by Gasteiger charge is -2.02. The summed E-state index contributed by atoms with van der Waals surface area (Å²) in [4.78, 5) is 10.7. The average Bonchev–Trinajstić information content (AvgIpc) is 2.82. The van der Waals surface area contributed by atoms with E-state index in [4.69, 9.17) is 4.74 Å². The van der Waals surface area contributed by atoms with Crippen LogP contribution in [0.15, 0.2) is 42.1 Å². The number of hydrogen-bond donors (Lipinski definition) is 0. The van der Waals surface area contributed by atoms with Crippen LogP contribution in [-0.4, -0.2) is 18.1 Å². The van der Waals surface area contributed by atoms with Crippen molar-refractivity contribution in [2.24, 2.45) is 5.92 Å². The van der Waals surface area contributed by atoms with E-state index >= 15 is 0 Å². The van der Waals surface area contributed by atoms with Crippen LogP contribution in [0.1, 0.15) is 12.0 Å². The summed E-state index contributed by atoms with van der Waals surface area (Å²) in [6.45, 7) is 1.31. The minimum atomic E-state index is -0.286. The molecule has 1 aromatic rings. The highest BCUT2D eigenvalue weighted by Gasteiger charge is 2.19. The normalized spacial score (nSPS) is 20.5. The Morgan fingerprint density at radius 3 is 2.82 bits per heavy atom. The second-order valence-corrected chi connectivity index (χ2v) is 4.20. The predicted molar refractivity (Wildman–Crippen MR) is 64.1 cm³/mol. The van der Waals surface area contributed by atoms with Crippen molar-refractivity contribution in [3.05, 3.63) is 57.8 Å². The Labute approximate surface area is 100 Å². The Morgan fingerprint density at radius 1 is 1.47 bits per heavy atom. The molecule has 1 aliphatic heterocycles. The summed E-state index contributed by atoms with van der Waals surface area (Å²) in [5, 5.41) is 11.0. The van der Waals surface area contributed by atoms with Gasteiger partial charge in [0.05, 0.1) is 18.0 Å². The maximum absolute atomic E-state index is 11.0. The van der Waals surface area contributed by atoms with Gasteiger partial charge in [-0.05, 0) is 18.1 Å². The van der Waals surface area contributed by atoms with Crippen LogP contribution in [0.2, 0.25) is 0 Å². The van der Waals surface area contributed by atoms with Crippen molar-refractivity contribution >= 4 is 0 Å². The maximum Gasteiger partial charge on any atom is 0.247 e. The zero-order chi connectivity index (χ0) is 12.1. The number of benzene rings is 1. The van der Waals surface area contributed by atoms with Gasteiger partial charge in [0.15, 0.2) is 0 Å². The van der Waals surface area contributed by atoms with Gasteiger partial charge in [0.1, 0.15) is 0 Å². The number of ether oxygens (including phenoxy) is 1. The third kappa shape index (κ3) is 3.39. The van der Waals surface area contributed by atoms with Crippen molar-refractivity contribution in [3.8, 4) is 0 Å². The molecule has 2 rings (SSSR count). The van der Waals surface area contributed by atoms with Crippen LogP contribution < -0.4 is 0 Å². The molecule has 0 saturated carbocycles. The van der Waals surface area contributed by atoms with Gasteiger partial charge < -0.3 is 4.74 Å². The molecule has 1 aromatic carbocycles. The van der Waals surface area contributed by atoms with Crippen molar-refractivity contribution in [3.63, 3.8) is 0 Å². The predicted octanol–water partition coefficient (Wildman–Crippen LogP) is 2.43. The van der Waals surface area contributed by atoms with Crippen LogP contribution in [0.3, 0.4) is 0 Å². The van der Waals surface area contributed by atoms with Crippen LogP contribution in [0.5, 0.6) is 0 Å². The molecule has 0 bridgehead atoms. The molecule has 0 amide bonds. The van der Waals surface area contributed by atoms with E-state index in [1.54, 1.807) is 6.08 Å². The first-order chi connectivity index (χ1) is 8.25. The van der Waals surface area contributed by atoms with Gasteiger partial charge in [-0.2, -0.15) is 0 Å². The number of rotatable bonds is 4. The first-order valence-corrected chi connectivity index (χ1v) is 5.72. The van der Waals surface area contributed by atoms with Crippen LogP contribution in [0.4, 0.5) is 0 Å². The summed E-state index contributed by atoms with van der Waals surface area (Å²) >= 11 is 0. The van der Waals surface area contributed by atoms with Crippen LogP contribution in [0, 0.1) is 16.0 Å². The lowest BCUT2D eigenvalue weighted by molar-refractivity contribution is -0.427. The van der Waals surface area contributed by atoms with Gasteiger partial charge in [0, 0.05) is 12.5 Å². The highest BCUT2D eigenvalue weighted by atomic mass is 16.6. The first-order valence-electron chi connectivity index (χ1n) is 5.72. The molecular formula is C13H15NO3. The number of hydrogen-bond acceptors (Lipinski definition) is 3. The lowest BCUT2D eigenvalue weighted by Crippen LogP contribution is -2.06. The zero-order valence-electron chi connectivity index (χ0n) is 9.54. The molecule has 1 unspecified atom stereocenters. The van der Waals surface area contributed by atoms with E-state index in [9.17, 15) is 10.1 Å². The molecule has 1 atom stereocenters. The second kappa shape index (κ2) is 5.59. The van der Waals surface area contributed by atoms with E-state index in [-0.39, 0.29) is 16.5 Å². The molecule has 0 spiro atoms. The van der Waals surface area contributed by atoms with Crippen LogP contribution in [-0.2, 0) is 11.2 Å². The Balaban J connectivity index is 2.09. The fourth-order valence-corrected chi connectivity index (χ4v) is 1.95. The summed E-state index contributed by atoms with van der Waals surface area (Å²) in [6.07, 6.45) is 3.01. The molecule has 1 saturated heterocycles. The van der Waals surface area contributed by atoms with E-state index in [0.717, 1.165) is 12.0 Å². The van der Waals surface area contributed by atoms with Gasteiger partial charge in [0.25, 0.3) is 0 Å². The maximum atomic E-state index is 11.0. The average molecular weight is 233 g/mol. The molecule has 0 N–H and O–H groups in total. The second-order valence-electron chi connectivity index (χ2n) is 4.20. The van der Waals surface area contributed by atoms with E-state index < -0.39 is 0 Å². The van der Waals surface area contributed by atoms with E-state index in [1.807, 2.05) is 30.3 Å². The van der Waals surface area contributed by atoms with E-state index in [0.29, 0.717) is 19.6 Å². The molecule has 17 heavy (non-hydrogen) atoms. The number of nitrogens with zero attached hydrogens (tertiary/aromatic N) is 1. The largest absolute Gasteiger partial charge is 0.381 e. The number of nitro groups is 1. The highest BCUT2D eigenvalue weighted by molar-refractivity contribution is 5.19. The van der Waals surface area contributed by atoms with E-state index in [2.05, 4.69) is 0 Å². The van der Waals surface area contributed by atoms with Crippen molar-refractivity contribution in [1.82, 2.24) is 0 Å². The molecule has 0 aliphatic carbocycles. The van der Waals surface area contributed by atoms with Gasteiger partial charge in [-0.25, -0.2) is 0 Å². The first kappa shape index (κ1) is 11.8. The molecule has 0 radical (unpaired) electrons. The van der Waals surface area contributed by atoms with Gasteiger partial charge in [-0.1, -0.05) is 30.3 Å². The molecule has 4 heteroatoms. The summed E-state index contributed by atoms with van der Waals surface area (Å²) in [5.41, 5.74) is 1.24. The van der Waals surface area contributed by atoms with Gasteiger partial charge in [0.2, 0.25) is 5.70 Å². The number of allylic oxidation sites excluding steroid dienone is 1. The van der Waals surface area contributed by atoms with Gasteiger partial charge in [-0.3, -0.25) is 10.1 Å². The fraction of sp³-hybridized carbons (Fsp3) is 0.385. The summed E-state index contributed by atoms with van der Waals surface area (Å²) < 4.78 is 5.22. The minimum Gasteiger partial charge on any atom is -0.381 e. The Morgan fingerprint density at radius 2 is 2.24 bits per heavy atom. The molecular weight excluding hydrogens is 218 g/mol. The van der Waals surface area contributed by atoms with Crippen LogP contribution in [0.25, 0.3) is 0 Å². The van der Waals surface area contributed by atoms with Crippen molar-refractivity contribution in [2.45, 2.75) is 12.8 Å². The summed E-state index contributed by atoms with van der Waals surface area (Å²) in [5.74, 6) is 0.194. The highest BCUT2D eigenvalue weighted by Crippen LogP contribution is 2.18. The SMILES string of the molecule is O=[N+]([O-])C(=CC1CCOC1)Cc1ccccc1. The lowest BCUT2D eigenvalue weighted by atomic mass is 10.0. The monoisotopic (exact) mass is 233 g/mol. The van der Waals surface area contributed by atoms with Gasteiger partial charge >= 0.3 is 0 Å². The standard InChI is InChI=1S/C13H15NO3/c15-14(16)13(9-12-6-7-17-10-12)8-11-4-2-1-3-5-11/h1-5,9,12H,6-8,10H2. The smallest absolute Gasteiger partial charge is 0.247 e. The summed E-state index contributed by atoms with van der Waals surface area (Å²) in [7, 11) is 0. The molecule has 90 valence electrons. The minimum absolute atomic E-state index is 0.194. The Kier molecular flexibility index (Phi) is 3.88. The quantitative estimate of drug-likeness (QED) is 0.592. The Bertz CT molecular complexity index is 408. The third-order valence-electron chi connectivity index (χ3n) is 2.86. The summed E-state index contributed by atoms with van der Waals surface area (Å²) in [6, 6.07) is 9.51. The molecule has 0 aromatic heterocycles. The molecule has 1 aliphatic rings. The molecule has 1 fully saturated rings. The van der Waals surface area contributed by atoms with Crippen molar-refractivity contribution in [1.29, 1.82) is 0 Å². The fourth-order valence-electron chi connectivity index (χ4n) is 1.95. The molecule has 4 nitrogen and oxygen atoms in total. The zero-order valence-corrected chi connectivity index (χ0v) is 9.54. The molecule has 1 heterocycles. The van der Waals surface area contributed by atoms with Crippen molar-refractivity contribution < 1.29 is 9.66 Å².